The normalized spacial score (nSPS) is 13.4. The topological polar surface area (TPSA) is 69.0 Å². The van der Waals surface area contributed by atoms with Gasteiger partial charge in [0.25, 0.3) is 0 Å². The van der Waals surface area contributed by atoms with E-state index >= 15 is 0 Å². The Morgan fingerprint density at radius 2 is 2.45 bits per heavy atom. The maximum Gasteiger partial charge on any atom is 0.227 e. The number of nitrogens with one attached hydrogen (secondary N) is 1. The minimum Gasteiger partial charge on any atom is -0.379 e. The van der Waals surface area contributed by atoms with E-state index in [2.05, 4.69) is 16.4 Å². The summed E-state index contributed by atoms with van der Waals surface area (Å²) < 4.78 is 0. The summed E-state index contributed by atoms with van der Waals surface area (Å²) in [5.74, 6) is 0.108. The molecule has 0 aliphatic carbocycles. The number of nitriles is 1. The van der Waals surface area contributed by atoms with Gasteiger partial charge in [-0.15, -0.1) is 11.3 Å². The van der Waals surface area contributed by atoms with Crippen molar-refractivity contribution in [1.29, 1.82) is 5.26 Å². The van der Waals surface area contributed by atoms with Crippen LogP contribution in [0.25, 0.3) is 0 Å². The summed E-state index contributed by atoms with van der Waals surface area (Å²) in [6, 6.07) is 6.03. The Morgan fingerprint density at radius 3 is 3.14 bits per heavy atom. The van der Waals surface area contributed by atoms with Crippen LogP contribution in [-0.4, -0.2) is 29.4 Å². The highest BCUT2D eigenvalue weighted by atomic mass is 32.1. The zero-order valence-corrected chi connectivity index (χ0v) is 13.1. The van der Waals surface area contributed by atoms with Crippen LogP contribution in [-0.2, 0) is 24.2 Å². The third-order valence-electron chi connectivity index (χ3n) is 3.83. The van der Waals surface area contributed by atoms with Crippen molar-refractivity contribution in [3.8, 4) is 6.07 Å². The summed E-state index contributed by atoms with van der Waals surface area (Å²) in [6.45, 7) is 1.26. The molecule has 1 amide bonds. The average molecular weight is 312 g/mol. The molecule has 0 fully saturated rings. The van der Waals surface area contributed by atoms with Crippen LogP contribution < -0.4 is 5.32 Å². The number of pyridine rings is 1. The smallest absolute Gasteiger partial charge is 0.227 e. The standard InChI is InChI=1S/C16H16N4OS/c1-18-16-13(8-17)12-4-6-20(10-14(12)22-16)15(21)7-11-3-2-5-19-9-11/h2-3,5,9,18H,4,6-7,10H2,1H3. The number of aromatic nitrogens is 1. The molecule has 1 aliphatic heterocycles. The van der Waals surface area contributed by atoms with Gasteiger partial charge in [-0.3, -0.25) is 9.78 Å². The number of amides is 1. The number of hydrogen-bond acceptors (Lipinski definition) is 5. The van der Waals surface area contributed by atoms with Crippen molar-refractivity contribution < 1.29 is 4.79 Å². The zero-order chi connectivity index (χ0) is 15.5. The van der Waals surface area contributed by atoms with E-state index in [1.807, 2.05) is 24.1 Å². The highest BCUT2D eigenvalue weighted by Gasteiger charge is 2.26. The van der Waals surface area contributed by atoms with Crippen LogP contribution in [0.1, 0.15) is 21.6 Å². The maximum atomic E-state index is 12.4. The van der Waals surface area contributed by atoms with Crippen LogP contribution in [0.3, 0.4) is 0 Å². The second-order valence-electron chi connectivity index (χ2n) is 5.17. The van der Waals surface area contributed by atoms with E-state index in [1.54, 1.807) is 23.7 Å². The number of nitrogens with zero attached hydrogens (tertiary/aromatic N) is 3. The highest BCUT2D eigenvalue weighted by molar-refractivity contribution is 7.16. The van der Waals surface area contributed by atoms with E-state index < -0.39 is 0 Å². The van der Waals surface area contributed by atoms with Crippen LogP contribution in [0.15, 0.2) is 24.5 Å². The number of fused-ring (bicyclic) bond motifs is 1. The van der Waals surface area contributed by atoms with Crippen LogP contribution in [0.2, 0.25) is 0 Å². The van der Waals surface area contributed by atoms with Gasteiger partial charge in [0.05, 0.1) is 18.5 Å². The minimum atomic E-state index is 0.108. The Balaban J connectivity index is 1.76. The lowest BCUT2D eigenvalue weighted by molar-refractivity contribution is -0.131. The van der Waals surface area contributed by atoms with E-state index in [1.165, 1.54) is 0 Å². The second kappa shape index (κ2) is 6.16. The van der Waals surface area contributed by atoms with Crippen molar-refractivity contribution in [2.24, 2.45) is 0 Å². The molecule has 2 aromatic heterocycles. The molecule has 0 saturated heterocycles. The van der Waals surface area contributed by atoms with E-state index in [0.717, 1.165) is 33.0 Å². The van der Waals surface area contributed by atoms with Gasteiger partial charge in [-0.2, -0.15) is 5.26 Å². The Labute approximate surface area is 133 Å². The van der Waals surface area contributed by atoms with Crippen LogP contribution in [0.4, 0.5) is 5.00 Å². The van der Waals surface area contributed by atoms with Gasteiger partial charge in [0.2, 0.25) is 5.91 Å². The van der Waals surface area contributed by atoms with Gasteiger partial charge in [0.15, 0.2) is 0 Å². The number of thiophene rings is 1. The fraction of sp³-hybridized carbons (Fsp3) is 0.312. The fourth-order valence-corrected chi connectivity index (χ4v) is 3.87. The predicted molar refractivity (Wildman–Crippen MR) is 85.6 cm³/mol. The number of carbonyl (C=O) groups excluding carboxylic acids is 1. The Morgan fingerprint density at radius 1 is 1.59 bits per heavy atom. The summed E-state index contributed by atoms with van der Waals surface area (Å²) in [5.41, 5.74) is 2.77. The van der Waals surface area contributed by atoms with Crippen molar-refractivity contribution in [2.75, 3.05) is 18.9 Å². The fourth-order valence-electron chi connectivity index (χ4n) is 2.70. The van der Waals surface area contributed by atoms with E-state index in [9.17, 15) is 10.1 Å². The summed E-state index contributed by atoms with van der Waals surface area (Å²) in [5, 5.41) is 13.3. The molecule has 1 N–H and O–H groups in total. The van der Waals surface area contributed by atoms with Crippen molar-refractivity contribution in [2.45, 2.75) is 19.4 Å². The lowest BCUT2D eigenvalue weighted by Gasteiger charge is -2.27. The Hall–Kier alpha value is -2.39. The van der Waals surface area contributed by atoms with Crippen LogP contribution in [0, 0.1) is 11.3 Å². The first kappa shape index (κ1) is 14.5. The third-order valence-corrected chi connectivity index (χ3v) is 5.06. The molecule has 0 saturated carbocycles. The summed E-state index contributed by atoms with van der Waals surface area (Å²) in [4.78, 5) is 19.5. The molecule has 2 aromatic rings. The van der Waals surface area contributed by atoms with Gasteiger partial charge in [0, 0.05) is 30.9 Å². The minimum absolute atomic E-state index is 0.108. The molecule has 22 heavy (non-hydrogen) atoms. The van der Waals surface area contributed by atoms with E-state index in [0.29, 0.717) is 19.5 Å². The van der Waals surface area contributed by atoms with Crippen LogP contribution >= 0.6 is 11.3 Å². The van der Waals surface area contributed by atoms with E-state index in [-0.39, 0.29) is 5.91 Å². The van der Waals surface area contributed by atoms with Gasteiger partial charge in [-0.25, -0.2) is 0 Å². The first-order chi connectivity index (χ1) is 10.7. The molecule has 0 aromatic carbocycles. The maximum absolute atomic E-state index is 12.4. The van der Waals surface area contributed by atoms with Gasteiger partial charge in [-0.05, 0) is 23.6 Å². The van der Waals surface area contributed by atoms with Crippen molar-refractivity contribution in [3.63, 3.8) is 0 Å². The SMILES string of the molecule is CNc1sc2c(c1C#N)CCN(C(=O)Cc1cccnc1)C2. The van der Waals surface area contributed by atoms with E-state index in [4.69, 9.17) is 0 Å². The zero-order valence-electron chi connectivity index (χ0n) is 12.3. The molecule has 0 spiro atoms. The molecular formula is C16H16N4OS. The predicted octanol–water partition coefficient (Wildman–Crippen LogP) is 2.18. The van der Waals surface area contributed by atoms with Crippen molar-refractivity contribution in [1.82, 2.24) is 9.88 Å². The molecule has 1 aliphatic rings. The lowest BCUT2D eigenvalue weighted by atomic mass is 10.0. The molecular weight excluding hydrogens is 296 g/mol. The molecule has 0 atom stereocenters. The third kappa shape index (κ3) is 2.68. The first-order valence-electron chi connectivity index (χ1n) is 7.12. The monoisotopic (exact) mass is 312 g/mol. The summed E-state index contributed by atoms with van der Waals surface area (Å²) >= 11 is 1.57. The first-order valence-corrected chi connectivity index (χ1v) is 7.93. The molecule has 6 heteroatoms. The summed E-state index contributed by atoms with van der Waals surface area (Å²) in [7, 11) is 1.82. The Kier molecular flexibility index (Phi) is 4.07. The summed E-state index contributed by atoms with van der Waals surface area (Å²) in [6.07, 6.45) is 4.55. The van der Waals surface area contributed by atoms with Crippen LogP contribution in [0.5, 0.6) is 0 Å². The molecule has 3 rings (SSSR count). The molecule has 0 radical (unpaired) electrons. The highest BCUT2D eigenvalue weighted by Crippen LogP contribution is 2.36. The Bertz CT molecular complexity index is 733. The number of anilines is 1. The van der Waals surface area contributed by atoms with Crippen molar-refractivity contribution in [3.05, 3.63) is 46.1 Å². The number of carbonyl (C=O) groups is 1. The van der Waals surface area contributed by atoms with Gasteiger partial charge < -0.3 is 10.2 Å². The number of hydrogen-bond donors (Lipinski definition) is 1. The molecule has 5 nitrogen and oxygen atoms in total. The van der Waals surface area contributed by atoms with Gasteiger partial charge >= 0.3 is 0 Å². The molecule has 0 bridgehead atoms. The molecule has 112 valence electrons. The average Bonchev–Trinajstić information content (AvgIpc) is 2.92. The van der Waals surface area contributed by atoms with Gasteiger partial charge in [0.1, 0.15) is 11.1 Å². The molecule has 0 unspecified atom stereocenters. The number of rotatable bonds is 3. The second-order valence-corrected chi connectivity index (χ2v) is 6.28. The molecule has 3 heterocycles. The quantitative estimate of drug-likeness (QED) is 0.943. The van der Waals surface area contributed by atoms with Gasteiger partial charge in [-0.1, -0.05) is 6.07 Å². The van der Waals surface area contributed by atoms with Crippen molar-refractivity contribution >= 4 is 22.2 Å². The lowest BCUT2D eigenvalue weighted by Crippen LogP contribution is -2.36. The largest absolute Gasteiger partial charge is 0.379 e.